The first kappa shape index (κ1) is 11.5. The third-order valence-corrected chi connectivity index (χ3v) is 2.73. The maximum absolute atomic E-state index is 9.31. The van der Waals surface area contributed by atoms with Crippen LogP contribution in [-0.2, 0) is 4.74 Å². The lowest BCUT2D eigenvalue weighted by atomic mass is 10.0. The number of hydrogen-bond donors (Lipinski definition) is 4. The molecule has 7 heteroatoms. The van der Waals surface area contributed by atoms with Gasteiger partial charge in [0, 0.05) is 0 Å². The highest BCUT2D eigenvalue weighted by Gasteiger charge is 2.53. The maximum Gasteiger partial charge on any atom is 0.196 e. The summed E-state index contributed by atoms with van der Waals surface area (Å²) in [5, 5.41) is 36.4. The predicted molar refractivity (Wildman–Crippen MR) is 44.4 cm³/mol. The maximum atomic E-state index is 9.31. The van der Waals surface area contributed by atoms with Crippen molar-refractivity contribution < 1.29 is 25.2 Å². The molecule has 4 atom stereocenters. The summed E-state index contributed by atoms with van der Waals surface area (Å²) in [6.45, 7) is -0.543. The SMILES string of the molecule is OCC1OC(O)C(Cl)(Cl)C(O)C1O. The van der Waals surface area contributed by atoms with Gasteiger partial charge in [0.2, 0.25) is 0 Å². The summed E-state index contributed by atoms with van der Waals surface area (Å²) >= 11 is 11.0. The van der Waals surface area contributed by atoms with E-state index in [1.807, 2.05) is 0 Å². The van der Waals surface area contributed by atoms with Gasteiger partial charge >= 0.3 is 0 Å². The lowest BCUT2D eigenvalue weighted by Crippen LogP contribution is -2.61. The number of aliphatic hydroxyl groups excluding tert-OH is 4. The van der Waals surface area contributed by atoms with E-state index in [0.717, 1.165) is 0 Å². The first-order valence-corrected chi connectivity index (χ1v) is 4.35. The molecule has 1 heterocycles. The molecule has 13 heavy (non-hydrogen) atoms. The topological polar surface area (TPSA) is 90.2 Å². The molecule has 0 aromatic heterocycles. The quantitative estimate of drug-likeness (QED) is 0.418. The second kappa shape index (κ2) is 3.86. The molecule has 0 bridgehead atoms. The lowest BCUT2D eigenvalue weighted by molar-refractivity contribution is -0.244. The Kier molecular flexibility index (Phi) is 3.40. The van der Waals surface area contributed by atoms with Gasteiger partial charge in [0.15, 0.2) is 10.6 Å². The monoisotopic (exact) mass is 232 g/mol. The van der Waals surface area contributed by atoms with Crippen LogP contribution in [-0.4, -0.2) is 56.0 Å². The van der Waals surface area contributed by atoms with Crippen LogP contribution >= 0.6 is 23.2 Å². The molecular formula is C6H10Cl2O5. The zero-order chi connectivity index (χ0) is 10.2. The summed E-state index contributed by atoms with van der Waals surface area (Å²) in [4.78, 5) is 0. The fourth-order valence-corrected chi connectivity index (χ4v) is 1.43. The minimum atomic E-state index is -1.98. The highest BCUT2D eigenvalue weighted by Crippen LogP contribution is 2.37. The van der Waals surface area contributed by atoms with Gasteiger partial charge in [-0.15, -0.1) is 0 Å². The second-order valence-electron chi connectivity index (χ2n) is 2.82. The molecule has 0 radical (unpaired) electrons. The number of hydrogen-bond acceptors (Lipinski definition) is 5. The second-order valence-corrected chi connectivity index (χ2v) is 4.26. The molecule has 4 unspecified atom stereocenters. The zero-order valence-electron chi connectivity index (χ0n) is 6.47. The Morgan fingerprint density at radius 3 is 2.23 bits per heavy atom. The molecule has 1 rings (SSSR count). The van der Waals surface area contributed by atoms with E-state index < -0.39 is 35.5 Å². The minimum absolute atomic E-state index is 0.543. The molecule has 0 aromatic rings. The highest BCUT2D eigenvalue weighted by atomic mass is 35.5. The van der Waals surface area contributed by atoms with Crippen molar-refractivity contribution in [1.82, 2.24) is 0 Å². The average molecular weight is 233 g/mol. The molecule has 5 nitrogen and oxygen atoms in total. The van der Waals surface area contributed by atoms with Crippen molar-refractivity contribution in [3.63, 3.8) is 0 Å². The van der Waals surface area contributed by atoms with E-state index in [2.05, 4.69) is 4.74 Å². The number of rotatable bonds is 1. The predicted octanol–water partition coefficient (Wildman–Crippen LogP) is -1.41. The van der Waals surface area contributed by atoms with Gasteiger partial charge in [-0.2, -0.15) is 0 Å². The third kappa shape index (κ3) is 1.92. The fraction of sp³-hybridized carbons (Fsp3) is 1.00. The zero-order valence-corrected chi connectivity index (χ0v) is 7.98. The van der Waals surface area contributed by atoms with Gasteiger partial charge in [0.25, 0.3) is 0 Å². The van der Waals surface area contributed by atoms with E-state index in [1.165, 1.54) is 0 Å². The first-order valence-electron chi connectivity index (χ1n) is 3.59. The summed E-state index contributed by atoms with van der Waals surface area (Å²) in [6.07, 6.45) is -5.73. The molecular weight excluding hydrogens is 223 g/mol. The first-order chi connectivity index (χ1) is 5.91. The Morgan fingerprint density at radius 1 is 1.23 bits per heavy atom. The number of aliphatic hydroxyl groups is 4. The van der Waals surface area contributed by atoms with Crippen LogP contribution in [0.2, 0.25) is 0 Å². The van der Waals surface area contributed by atoms with Crippen molar-refractivity contribution >= 4 is 23.2 Å². The van der Waals surface area contributed by atoms with Gasteiger partial charge in [0.05, 0.1) is 6.61 Å². The van der Waals surface area contributed by atoms with Crippen molar-refractivity contribution in [3.05, 3.63) is 0 Å². The molecule has 0 amide bonds. The van der Waals surface area contributed by atoms with Crippen molar-refractivity contribution in [1.29, 1.82) is 0 Å². The van der Waals surface area contributed by atoms with Gasteiger partial charge in [-0.25, -0.2) is 0 Å². The standard InChI is InChI=1S/C6H10Cl2O5/c7-6(8)4(11)3(10)2(1-9)13-5(6)12/h2-5,9-12H,1H2. The Balaban J connectivity index is 2.79. The molecule has 1 saturated heterocycles. The highest BCUT2D eigenvalue weighted by molar-refractivity contribution is 6.49. The number of alkyl halides is 2. The van der Waals surface area contributed by atoms with Gasteiger partial charge in [0.1, 0.15) is 18.3 Å². The average Bonchev–Trinajstić information content (AvgIpc) is 2.09. The summed E-state index contributed by atoms with van der Waals surface area (Å²) in [5.41, 5.74) is 0. The molecule has 1 aliphatic heterocycles. The van der Waals surface area contributed by atoms with Crippen LogP contribution in [0.15, 0.2) is 0 Å². The Labute approximate surface area is 84.5 Å². The molecule has 0 aliphatic carbocycles. The van der Waals surface area contributed by atoms with Crippen molar-refractivity contribution in [2.24, 2.45) is 0 Å². The molecule has 78 valence electrons. The summed E-state index contributed by atoms with van der Waals surface area (Å²) < 4.78 is 2.68. The van der Waals surface area contributed by atoms with Crippen LogP contribution in [0.25, 0.3) is 0 Å². The Bertz CT molecular complexity index is 188. The minimum Gasteiger partial charge on any atom is -0.394 e. The summed E-state index contributed by atoms with van der Waals surface area (Å²) in [6, 6.07) is 0. The van der Waals surface area contributed by atoms with Gasteiger partial charge in [-0.3, -0.25) is 0 Å². The normalized spacial score (nSPS) is 44.8. The largest absolute Gasteiger partial charge is 0.394 e. The van der Waals surface area contributed by atoms with Crippen molar-refractivity contribution in [2.75, 3.05) is 6.61 Å². The summed E-state index contributed by atoms with van der Waals surface area (Å²) in [5.74, 6) is 0. The van der Waals surface area contributed by atoms with Gasteiger partial charge in [-0.05, 0) is 0 Å². The molecule has 1 fully saturated rings. The van der Waals surface area contributed by atoms with Crippen LogP contribution < -0.4 is 0 Å². The molecule has 0 saturated carbocycles. The third-order valence-electron chi connectivity index (χ3n) is 1.91. The smallest absolute Gasteiger partial charge is 0.196 e. The van der Waals surface area contributed by atoms with E-state index in [4.69, 9.17) is 33.4 Å². The molecule has 1 aliphatic rings. The van der Waals surface area contributed by atoms with Crippen LogP contribution in [0, 0.1) is 0 Å². The summed E-state index contributed by atoms with van der Waals surface area (Å²) in [7, 11) is 0. The van der Waals surface area contributed by atoms with Crippen molar-refractivity contribution in [3.8, 4) is 0 Å². The van der Waals surface area contributed by atoms with E-state index in [9.17, 15) is 10.2 Å². The van der Waals surface area contributed by atoms with Crippen LogP contribution in [0.1, 0.15) is 0 Å². The van der Waals surface area contributed by atoms with E-state index in [0.29, 0.717) is 0 Å². The lowest BCUT2D eigenvalue weighted by Gasteiger charge is -2.41. The van der Waals surface area contributed by atoms with Crippen molar-refractivity contribution in [2.45, 2.75) is 28.9 Å². The molecule has 0 aromatic carbocycles. The molecule has 0 spiro atoms. The van der Waals surface area contributed by atoms with Gasteiger partial charge in [-0.1, -0.05) is 23.2 Å². The number of ether oxygens (including phenoxy) is 1. The van der Waals surface area contributed by atoms with Crippen LogP contribution in [0.4, 0.5) is 0 Å². The Hall–Kier alpha value is 0.380. The van der Waals surface area contributed by atoms with Crippen LogP contribution in [0.5, 0.6) is 0 Å². The van der Waals surface area contributed by atoms with Gasteiger partial charge < -0.3 is 25.2 Å². The van der Waals surface area contributed by atoms with E-state index in [-0.39, 0.29) is 0 Å². The van der Waals surface area contributed by atoms with Crippen LogP contribution in [0.3, 0.4) is 0 Å². The number of halogens is 2. The Morgan fingerprint density at radius 2 is 1.77 bits per heavy atom. The van der Waals surface area contributed by atoms with E-state index >= 15 is 0 Å². The molecule has 4 N–H and O–H groups in total. The fourth-order valence-electron chi connectivity index (χ4n) is 1.06. The van der Waals surface area contributed by atoms with E-state index in [1.54, 1.807) is 0 Å².